The smallest absolute Gasteiger partial charge is 0.255 e. The summed E-state index contributed by atoms with van der Waals surface area (Å²) < 4.78 is 10.9. The lowest BCUT2D eigenvalue weighted by Crippen LogP contribution is -2.48. The number of hydrogen-bond acceptors (Lipinski definition) is 5. The minimum absolute atomic E-state index is 0.121. The Labute approximate surface area is 197 Å². The van der Waals surface area contributed by atoms with Crippen molar-refractivity contribution in [1.82, 2.24) is 14.8 Å². The maximum absolute atomic E-state index is 13.1. The van der Waals surface area contributed by atoms with E-state index in [1.54, 1.807) is 13.3 Å². The Morgan fingerprint density at radius 3 is 2.55 bits per heavy atom. The van der Waals surface area contributed by atoms with E-state index in [-0.39, 0.29) is 11.9 Å². The number of ether oxygens (including phenoxy) is 2. The number of piperazine rings is 1. The average molecular weight is 452 g/mol. The molecule has 2 atom stereocenters. The van der Waals surface area contributed by atoms with Crippen molar-refractivity contribution < 1.29 is 14.3 Å². The molecule has 6 nitrogen and oxygen atoms in total. The second-order valence-corrected chi connectivity index (χ2v) is 9.88. The standard InChI is InChI=1S/C27H37N3O3/c1-18(2)12-23-8-6-21(14-28-23)27(31)30-17-24-13-25(30)16-29(24)15-22-7-9-26(20(4)19(22)3)33-11-10-32-5/h6-9,14,18,24-25H,10-13,15-17H2,1-5H3. The third-order valence-corrected chi connectivity index (χ3v) is 7.07. The molecule has 2 bridgehead atoms. The van der Waals surface area contributed by atoms with Crippen molar-refractivity contribution in [2.24, 2.45) is 5.92 Å². The second kappa shape index (κ2) is 10.2. The number of aromatic nitrogens is 1. The Hall–Kier alpha value is -2.44. The van der Waals surface area contributed by atoms with Gasteiger partial charge in [0.25, 0.3) is 5.91 Å². The number of carbonyl (C=O) groups excluding carboxylic acids is 1. The Morgan fingerprint density at radius 2 is 1.91 bits per heavy atom. The van der Waals surface area contributed by atoms with Crippen molar-refractivity contribution in [3.63, 3.8) is 0 Å². The molecule has 2 unspecified atom stereocenters. The predicted molar refractivity (Wildman–Crippen MR) is 130 cm³/mol. The molecular weight excluding hydrogens is 414 g/mol. The van der Waals surface area contributed by atoms with Crippen LogP contribution in [0.4, 0.5) is 0 Å². The van der Waals surface area contributed by atoms with E-state index < -0.39 is 0 Å². The van der Waals surface area contributed by atoms with Gasteiger partial charge in [0.05, 0.1) is 12.2 Å². The van der Waals surface area contributed by atoms with Gasteiger partial charge in [0.1, 0.15) is 12.4 Å². The van der Waals surface area contributed by atoms with Crippen LogP contribution in [0.3, 0.4) is 0 Å². The fourth-order valence-corrected chi connectivity index (χ4v) is 5.08. The summed E-state index contributed by atoms with van der Waals surface area (Å²) in [5.41, 5.74) is 5.57. The molecule has 0 N–H and O–H groups in total. The molecule has 2 aliphatic rings. The predicted octanol–water partition coefficient (Wildman–Crippen LogP) is 4.02. The summed E-state index contributed by atoms with van der Waals surface area (Å²) in [6.45, 7) is 12.5. The van der Waals surface area contributed by atoms with E-state index in [0.29, 0.717) is 30.7 Å². The molecule has 33 heavy (non-hydrogen) atoms. The van der Waals surface area contributed by atoms with Crippen molar-refractivity contribution in [2.45, 2.75) is 59.2 Å². The fraction of sp³-hybridized carbons (Fsp3) is 0.556. The van der Waals surface area contributed by atoms with E-state index >= 15 is 0 Å². The first-order chi connectivity index (χ1) is 15.9. The number of rotatable bonds is 9. The maximum atomic E-state index is 13.1. The number of nitrogens with zero attached hydrogens (tertiary/aromatic N) is 3. The molecule has 3 heterocycles. The summed E-state index contributed by atoms with van der Waals surface area (Å²) in [6.07, 6.45) is 3.75. The summed E-state index contributed by atoms with van der Waals surface area (Å²) in [4.78, 5) is 22.2. The highest BCUT2D eigenvalue weighted by Crippen LogP contribution is 2.34. The van der Waals surface area contributed by atoms with E-state index in [4.69, 9.17) is 9.47 Å². The topological polar surface area (TPSA) is 54.9 Å². The van der Waals surface area contributed by atoms with Gasteiger partial charge in [0.15, 0.2) is 0 Å². The van der Waals surface area contributed by atoms with Gasteiger partial charge >= 0.3 is 0 Å². The van der Waals surface area contributed by atoms with Crippen LogP contribution in [0.2, 0.25) is 0 Å². The summed E-state index contributed by atoms with van der Waals surface area (Å²) in [7, 11) is 1.68. The van der Waals surface area contributed by atoms with Gasteiger partial charge in [-0.25, -0.2) is 0 Å². The molecule has 1 aromatic heterocycles. The lowest BCUT2D eigenvalue weighted by molar-refractivity contribution is 0.0615. The Bertz CT molecular complexity index is 973. The SMILES string of the molecule is COCCOc1ccc(CN2CC3CC2CN3C(=O)c2ccc(CC(C)C)nc2)c(C)c1C. The van der Waals surface area contributed by atoms with Crippen LogP contribution in [-0.4, -0.2) is 66.2 Å². The first-order valence-electron chi connectivity index (χ1n) is 12.1. The van der Waals surface area contributed by atoms with Gasteiger partial charge in [-0.3, -0.25) is 14.7 Å². The normalized spacial score (nSPS) is 20.1. The fourth-order valence-electron chi connectivity index (χ4n) is 5.08. The van der Waals surface area contributed by atoms with Gasteiger partial charge in [0, 0.05) is 50.7 Å². The van der Waals surface area contributed by atoms with Crippen LogP contribution in [0, 0.1) is 19.8 Å². The summed E-state index contributed by atoms with van der Waals surface area (Å²) in [6, 6.07) is 8.92. The molecular formula is C27H37N3O3. The lowest BCUT2D eigenvalue weighted by atomic mass is 10.0. The number of hydrogen-bond donors (Lipinski definition) is 0. The monoisotopic (exact) mass is 451 g/mol. The van der Waals surface area contributed by atoms with Crippen LogP contribution in [0.5, 0.6) is 5.75 Å². The number of pyridine rings is 1. The quantitative estimate of drug-likeness (QED) is 0.539. The van der Waals surface area contributed by atoms with Crippen LogP contribution < -0.4 is 4.74 Å². The molecule has 4 rings (SSSR count). The minimum atomic E-state index is 0.121. The molecule has 1 amide bonds. The van der Waals surface area contributed by atoms with E-state index in [9.17, 15) is 4.79 Å². The highest BCUT2D eigenvalue weighted by Gasteiger charge is 2.45. The highest BCUT2D eigenvalue weighted by atomic mass is 16.5. The number of carbonyl (C=O) groups is 1. The summed E-state index contributed by atoms with van der Waals surface area (Å²) in [5, 5.41) is 0. The maximum Gasteiger partial charge on any atom is 0.255 e. The van der Waals surface area contributed by atoms with Gasteiger partial charge in [-0.05, 0) is 67.5 Å². The Morgan fingerprint density at radius 1 is 1.09 bits per heavy atom. The summed E-state index contributed by atoms with van der Waals surface area (Å²) >= 11 is 0. The zero-order valence-corrected chi connectivity index (χ0v) is 20.6. The third kappa shape index (κ3) is 5.22. The summed E-state index contributed by atoms with van der Waals surface area (Å²) in [5.74, 6) is 1.61. The van der Waals surface area contributed by atoms with Crippen molar-refractivity contribution in [2.75, 3.05) is 33.4 Å². The first-order valence-corrected chi connectivity index (χ1v) is 12.1. The second-order valence-electron chi connectivity index (χ2n) is 9.88. The molecule has 2 saturated heterocycles. The molecule has 0 spiro atoms. The average Bonchev–Trinajstić information content (AvgIpc) is 3.39. The molecule has 0 saturated carbocycles. The Balaban J connectivity index is 1.36. The molecule has 2 aliphatic heterocycles. The van der Waals surface area contributed by atoms with Crippen molar-refractivity contribution >= 4 is 5.91 Å². The Kier molecular flexibility index (Phi) is 7.35. The van der Waals surface area contributed by atoms with Gasteiger partial charge < -0.3 is 14.4 Å². The molecule has 0 radical (unpaired) electrons. The molecule has 178 valence electrons. The van der Waals surface area contributed by atoms with Gasteiger partial charge in [-0.2, -0.15) is 0 Å². The minimum Gasteiger partial charge on any atom is -0.491 e. The van der Waals surface area contributed by atoms with Crippen molar-refractivity contribution in [3.05, 3.63) is 58.4 Å². The van der Waals surface area contributed by atoms with E-state index in [1.165, 1.54) is 16.7 Å². The molecule has 2 fully saturated rings. The van der Waals surface area contributed by atoms with Gasteiger partial charge in [0.2, 0.25) is 0 Å². The highest BCUT2D eigenvalue weighted by molar-refractivity contribution is 5.94. The number of likely N-dealkylation sites (tertiary alicyclic amines) is 2. The molecule has 6 heteroatoms. The van der Waals surface area contributed by atoms with Crippen molar-refractivity contribution in [1.29, 1.82) is 0 Å². The third-order valence-electron chi connectivity index (χ3n) is 7.07. The van der Waals surface area contributed by atoms with Crippen LogP contribution in [0.15, 0.2) is 30.5 Å². The lowest BCUT2D eigenvalue weighted by Gasteiger charge is -2.34. The van der Waals surface area contributed by atoms with Crippen LogP contribution in [-0.2, 0) is 17.7 Å². The number of fused-ring (bicyclic) bond motifs is 2. The van der Waals surface area contributed by atoms with Crippen LogP contribution in [0.25, 0.3) is 0 Å². The van der Waals surface area contributed by atoms with E-state index in [0.717, 1.165) is 43.9 Å². The molecule has 2 aromatic rings. The number of benzene rings is 1. The largest absolute Gasteiger partial charge is 0.491 e. The number of methoxy groups -OCH3 is 1. The zero-order valence-electron chi connectivity index (χ0n) is 20.6. The van der Waals surface area contributed by atoms with E-state index in [1.807, 2.05) is 12.1 Å². The van der Waals surface area contributed by atoms with Crippen LogP contribution in [0.1, 0.15) is 53.0 Å². The first kappa shape index (κ1) is 23.7. The van der Waals surface area contributed by atoms with Crippen LogP contribution >= 0.6 is 0 Å². The molecule has 0 aliphatic carbocycles. The van der Waals surface area contributed by atoms with E-state index in [2.05, 4.69) is 54.6 Å². The molecule has 1 aromatic carbocycles. The van der Waals surface area contributed by atoms with Gasteiger partial charge in [-0.15, -0.1) is 0 Å². The zero-order chi connectivity index (χ0) is 23.5. The number of amides is 1. The van der Waals surface area contributed by atoms with Crippen molar-refractivity contribution in [3.8, 4) is 5.75 Å². The van der Waals surface area contributed by atoms with Gasteiger partial charge in [-0.1, -0.05) is 19.9 Å².